The Morgan fingerprint density at radius 1 is 1.50 bits per heavy atom. The third-order valence-corrected chi connectivity index (χ3v) is 2.18. The van der Waals surface area contributed by atoms with Crippen LogP contribution in [0.4, 0.5) is 0 Å². The first kappa shape index (κ1) is 11.5. The topological polar surface area (TPSA) is 20.3 Å². The molecule has 0 bridgehead atoms. The summed E-state index contributed by atoms with van der Waals surface area (Å²) < 4.78 is 0. The second-order valence-corrected chi connectivity index (χ2v) is 2.93. The lowest BCUT2D eigenvalue weighted by Gasteiger charge is -2.20. The summed E-state index contributed by atoms with van der Waals surface area (Å²) in [6.07, 6.45) is 3.03. The Labute approximate surface area is 75.9 Å². The molecule has 1 amide bonds. The molecule has 1 aliphatic rings. The Hall–Kier alpha value is -0.530. The number of hydrogen-bond donors (Lipinski definition) is 0. The van der Waals surface area contributed by atoms with Gasteiger partial charge in [0, 0.05) is 19.0 Å². The molecule has 72 valence electrons. The van der Waals surface area contributed by atoms with E-state index >= 15 is 0 Å². The van der Waals surface area contributed by atoms with Crippen molar-refractivity contribution in [1.29, 1.82) is 0 Å². The van der Waals surface area contributed by atoms with E-state index in [0.717, 1.165) is 6.54 Å². The van der Waals surface area contributed by atoms with Crippen molar-refractivity contribution in [2.75, 3.05) is 6.54 Å². The minimum atomic E-state index is 0.310. The third kappa shape index (κ3) is 2.84. The number of amides is 1. The molecule has 2 nitrogen and oxygen atoms in total. The lowest BCUT2D eigenvalue weighted by atomic mass is 10.2. The van der Waals surface area contributed by atoms with Crippen molar-refractivity contribution in [2.45, 2.75) is 53.0 Å². The van der Waals surface area contributed by atoms with Gasteiger partial charge in [0.25, 0.3) is 0 Å². The molecule has 12 heavy (non-hydrogen) atoms. The second-order valence-electron chi connectivity index (χ2n) is 2.93. The van der Waals surface area contributed by atoms with Crippen LogP contribution < -0.4 is 0 Å². The van der Waals surface area contributed by atoms with Gasteiger partial charge in [-0.15, -0.1) is 0 Å². The summed E-state index contributed by atoms with van der Waals surface area (Å²) in [5.74, 6) is 0.310. The molecule has 1 heterocycles. The highest BCUT2D eigenvalue weighted by atomic mass is 16.2. The highest BCUT2D eigenvalue weighted by Crippen LogP contribution is 2.16. The number of hydrogen-bond acceptors (Lipinski definition) is 1. The predicted molar refractivity (Wildman–Crippen MR) is 52.0 cm³/mol. The molecule has 0 aromatic carbocycles. The summed E-state index contributed by atoms with van der Waals surface area (Å²) in [4.78, 5) is 13.1. The molecule has 0 saturated carbocycles. The number of carbonyl (C=O) groups is 1. The zero-order chi connectivity index (χ0) is 9.56. The van der Waals surface area contributed by atoms with Gasteiger partial charge in [0.1, 0.15) is 0 Å². The van der Waals surface area contributed by atoms with Crippen LogP contribution in [0.2, 0.25) is 0 Å². The Balaban J connectivity index is 0.000000561. The van der Waals surface area contributed by atoms with Crippen molar-refractivity contribution in [2.24, 2.45) is 0 Å². The molecular weight excluding hydrogens is 150 g/mol. The van der Waals surface area contributed by atoms with Crippen LogP contribution in [0.25, 0.3) is 0 Å². The summed E-state index contributed by atoms with van der Waals surface area (Å²) in [7, 11) is 0. The number of likely N-dealkylation sites (tertiary alicyclic amines) is 1. The van der Waals surface area contributed by atoms with E-state index in [9.17, 15) is 4.79 Å². The van der Waals surface area contributed by atoms with Crippen molar-refractivity contribution < 1.29 is 4.79 Å². The van der Waals surface area contributed by atoms with E-state index in [-0.39, 0.29) is 0 Å². The zero-order valence-corrected chi connectivity index (χ0v) is 8.76. The van der Waals surface area contributed by atoms with Crippen LogP contribution in [0, 0.1) is 0 Å². The highest BCUT2D eigenvalue weighted by Gasteiger charge is 2.23. The molecule has 0 aromatic heterocycles. The van der Waals surface area contributed by atoms with Crippen LogP contribution in [-0.4, -0.2) is 23.4 Å². The van der Waals surface area contributed by atoms with E-state index in [1.165, 1.54) is 12.8 Å². The van der Waals surface area contributed by atoms with Gasteiger partial charge in [0.15, 0.2) is 0 Å². The fourth-order valence-corrected chi connectivity index (χ4v) is 1.51. The first-order valence-corrected chi connectivity index (χ1v) is 5.05. The van der Waals surface area contributed by atoms with Crippen LogP contribution in [0.5, 0.6) is 0 Å². The van der Waals surface area contributed by atoms with Crippen LogP contribution in [0.3, 0.4) is 0 Å². The van der Waals surface area contributed by atoms with Gasteiger partial charge in [-0.25, -0.2) is 0 Å². The molecule has 0 radical (unpaired) electrons. The van der Waals surface area contributed by atoms with Gasteiger partial charge in [0.05, 0.1) is 0 Å². The van der Waals surface area contributed by atoms with E-state index in [4.69, 9.17) is 0 Å². The van der Waals surface area contributed by atoms with Crippen LogP contribution in [0.1, 0.15) is 47.0 Å². The first-order valence-electron chi connectivity index (χ1n) is 5.05. The largest absolute Gasteiger partial charge is 0.340 e. The second kappa shape index (κ2) is 6.04. The maximum atomic E-state index is 11.2. The molecule has 1 rings (SSSR count). The summed E-state index contributed by atoms with van der Waals surface area (Å²) in [6, 6.07) is 0.493. The highest BCUT2D eigenvalue weighted by molar-refractivity contribution is 5.76. The first-order chi connectivity index (χ1) is 5.75. The molecule has 2 heteroatoms. The average Bonchev–Trinajstić information content (AvgIpc) is 2.54. The summed E-state index contributed by atoms with van der Waals surface area (Å²) in [5, 5.41) is 0. The maximum Gasteiger partial charge on any atom is 0.222 e. The molecule has 1 saturated heterocycles. The van der Waals surface area contributed by atoms with Gasteiger partial charge in [-0.3, -0.25) is 4.79 Å². The van der Waals surface area contributed by atoms with E-state index < -0.39 is 0 Å². The lowest BCUT2D eigenvalue weighted by molar-refractivity contribution is -0.131. The molecule has 0 unspecified atom stereocenters. The zero-order valence-electron chi connectivity index (χ0n) is 8.76. The molecule has 0 N–H and O–H groups in total. The minimum Gasteiger partial charge on any atom is -0.340 e. The summed E-state index contributed by atoms with van der Waals surface area (Å²) >= 11 is 0. The van der Waals surface area contributed by atoms with Crippen molar-refractivity contribution in [3.05, 3.63) is 0 Å². The van der Waals surface area contributed by atoms with Crippen LogP contribution in [-0.2, 0) is 4.79 Å². The average molecular weight is 171 g/mol. The summed E-state index contributed by atoms with van der Waals surface area (Å²) in [6.45, 7) is 9.03. The van der Waals surface area contributed by atoms with Gasteiger partial charge in [-0.1, -0.05) is 20.8 Å². The van der Waals surface area contributed by atoms with E-state index in [2.05, 4.69) is 6.92 Å². The van der Waals surface area contributed by atoms with E-state index in [1.807, 2.05) is 25.7 Å². The Kier molecular flexibility index (Phi) is 5.77. The van der Waals surface area contributed by atoms with Gasteiger partial charge in [-0.05, 0) is 19.8 Å². The van der Waals surface area contributed by atoms with Gasteiger partial charge >= 0.3 is 0 Å². The molecule has 1 atom stereocenters. The van der Waals surface area contributed by atoms with E-state index in [1.54, 1.807) is 0 Å². The maximum absolute atomic E-state index is 11.2. The number of nitrogens with zero attached hydrogens (tertiary/aromatic N) is 1. The fourth-order valence-electron chi connectivity index (χ4n) is 1.51. The van der Waals surface area contributed by atoms with Crippen LogP contribution >= 0.6 is 0 Å². The smallest absolute Gasteiger partial charge is 0.222 e. The molecule has 1 fully saturated rings. The SMILES string of the molecule is CC.CCC(=O)N1CCC[C@@H]1C. The molecule has 0 aromatic rings. The number of rotatable bonds is 1. The van der Waals surface area contributed by atoms with Gasteiger partial charge < -0.3 is 4.90 Å². The Morgan fingerprint density at radius 2 is 2.08 bits per heavy atom. The Morgan fingerprint density at radius 3 is 2.42 bits per heavy atom. The molecule has 0 aliphatic carbocycles. The monoisotopic (exact) mass is 171 g/mol. The summed E-state index contributed by atoms with van der Waals surface area (Å²) in [5.41, 5.74) is 0. The minimum absolute atomic E-state index is 0.310. The Bertz CT molecular complexity index is 134. The standard InChI is InChI=1S/C8H15NO.C2H6/c1-3-8(10)9-6-4-5-7(9)2;1-2/h7H,3-6H2,1-2H3;1-2H3/t7-;/m0./s1. The lowest BCUT2D eigenvalue weighted by Crippen LogP contribution is -2.32. The molecule has 1 aliphatic heterocycles. The molecular formula is C10H21NO. The normalized spacial score (nSPS) is 21.7. The van der Waals surface area contributed by atoms with Gasteiger partial charge in [0.2, 0.25) is 5.91 Å². The fraction of sp³-hybridized carbons (Fsp3) is 0.900. The van der Waals surface area contributed by atoms with E-state index in [0.29, 0.717) is 18.4 Å². The van der Waals surface area contributed by atoms with Crippen LogP contribution in [0.15, 0.2) is 0 Å². The van der Waals surface area contributed by atoms with Crippen molar-refractivity contribution in [3.63, 3.8) is 0 Å². The quantitative estimate of drug-likeness (QED) is 0.593. The van der Waals surface area contributed by atoms with Crippen molar-refractivity contribution in [3.8, 4) is 0 Å². The predicted octanol–water partition coefficient (Wildman–Crippen LogP) is 2.43. The number of carbonyl (C=O) groups excluding carboxylic acids is 1. The van der Waals surface area contributed by atoms with Crippen molar-refractivity contribution in [1.82, 2.24) is 4.90 Å². The van der Waals surface area contributed by atoms with Gasteiger partial charge in [-0.2, -0.15) is 0 Å². The third-order valence-electron chi connectivity index (χ3n) is 2.18. The molecule has 0 spiro atoms. The van der Waals surface area contributed by atoms with Crippen molar-refractivity contribution >= 4 is 5.91 Å².